The van der Waals surface area contributed by atoms with Gasteiger partial charge in [0.05, 0.1) is 0 Å². The smallest absolute Gasteiger partial charge is 0.126 e. The molecule has 88 valence electrons. The number of rotatable bonds is 5. The minimum Gasteiger partial charge on any atom is -0.389 e. The lowest BCUT2D eigenvalue weighted by atomic mass is 10.0. The van der Waals surface area contributed by atoms with E-state index in [0.717, 1.165) is 17.8 Å². The molecule has 3 N–H and O–H groups in total. The van der Waals surface area contributed by atoms with E-state index in [2.05, 4.69) is 31.1 Å². The maximum absolute atomic E-state index is 5.51. The number of thiocarbonyl (C=S) groups is 1. The second-order valence-corrected chi connectivity index (χ2v) is 4.64. The average molecular weight is 237 g/mol. The van der Waals surface area contributed by atoms with Crippen molar-refractivity contribution in [1.29, 1.82) is 0 Å². The van der Waals surface area contributed by atoms with Crippen LogP contribution in [-0.2, 0) is 0 Å². The third kappa shape index (κ3) is 3.45. The summed E-state index contributed by atoms with van der Waals surface area (Å²) in [5.41, 5.74) is 6.31. The lowest BCUT2D eigenvalue weighted by Crippen LogP contribution is -2.25. The Kier molecular flexibility index (Phi) is 4.68. The van der Waals surface area contributed by atoms with Crippen LogP contribution in [0.3, 0.4) is 0 Å². The van der Waals surface area contributed by atoms with E-state index < -0.39 is 0 Å². The minimum atomic E-state index is 0.384. The molecule has 1 aromatic heterocycles. The molecule has 1 atom stereocenters. The highest BCUT2D eigenvalue weighted by atomic mass is 32.1. The third-order valence-electron chi connectivity index (χ3n) is 2.63. The van der Waals surface area contributed by atoms with Crippen molar-refractivity contribution < 1.29 is 0 Å². The highest BCUT2D eigenvalue weighted by Gasteiger charge is 2.10. The molecule has 0 aliphatic rings. The first-order valence-corrected chi connectivity index (χ1v) is 5.97. The average Bonchev–Trinajstić information content (AvgIpc) is 2.26. The Morgan fingerprint density at radius 2 is 2.19 bits per heavy atom. The van der Waals surface area contributed by atoms with E-state index in [4.69, 9.17) is 18.0 Å². The summed E-state index contributed by atoms with van der Waals surface area (Å²) in [5.74, 6) is 1.46. The molecule has 0 bridgehead atoms. The SMILES string of the molecule is CCC(Nc1ccc(C(N)=S)cn1)C(C)C. The molecule has 4 heteroatoms. The normalized spacial score (nSPS) is 12.5. The van der Waals surface area contributed by atoms with Crippen LogP contribution in [0, 0.1) is 5.92 Å². The molecule has 0 aromatic carbocycles. The Balaban J connectivity index is 2.71. The quantitative estimate of drug-likeness (QED) is 0.773. The highest BCUT2D eigenvalue weighted by Crippen LogP contribution is 2.13. The van der Waals surface area contributed by atoms with Gasteiger partial charge in [-0.05, 0) is 24.5 Å². The molecular formula is C12H19N3S. The monoisotopic (exact) mass is 237 g/mol. The zero-order valence-corrected chi connectivity index (χ0v) is 10.8. The summed E-state index contributed by atoms with van der Waals surface area (Å²) < 4.78 is 0. The molecule has 0 saturated heterocycles. The molecule has 1 heterocycles. The summed E-state index contributed by atoms with van der Waals surface area (Å²) >= 11 is 4.87. The van der Waals surface area contributed by atoms with Crippen molar-refractivity contribution >= 4 is 23.0 Å². The number of pyridine rings is 1. The molecule has 1 rings (SSSR count). The zero-order chi connectivity index (χ0) is 12.1. The summed E-state index contributed by atoms with van der Waals surface area (Å²) in [6.07, 6.45) is 2.79. The van der Waals surface area contributed by atoms with E-state index in [1.54, 1.807) is 6.20 Å². The van der Waals surface area contributed by atoms with Gasteiger partial charge in [-0.3, -0.25) is 0 Å². The van der Waals surface area contributed by atoms with Crippen LogP contribution < -0.4 is 11.1 Å². The number of anilines is 1. The Hall–Kier alpha value is -1.16. The number of nitrogens with zero attached hydrogens (tertiary/aromatic N) is 1. The van der Waals surface area contributed by atoms with Gasteiger partial charge in [-0.25, -0.2) is 4.98 Å². The molecule has 0 amide bonds. The maximum Gasteiger partial charge on any atom is 0.126 e. The highest BCUT2D eigenvalue weighted by molar-refractivity contribution is 7.80. The van der Waals surface area contributed by atoms with Gasteiger partial charge in [0, 0.05) is 17.8 Å². The molecule has 0 spiro atoms. The molecule has 0 saturated carbocycles. The molecule has 1 unspecified atom stereocenters. The number of nitrogens with two attached hydrogens (primary N) is 1. The van der Waals surface area contributed by atoms with Crippen LogP contribution >= 0.6 is 12.2 Å². The molecule has 1 aromatic rings. The van der Waals surface area contributed by atoms with Crippen LogP contribution in [0.25, 0.3) is 0 Å². The fraction of sp³-hybridized carbons (Fsp3) is 0.500. The van der Waals surface area contributed by atoms with Gasteiger partial charge in [-0.15, -0.1) is 0 Å². The first-order chi connectivity index (χ1) is 7.54. The third-order valence-corrected chi connectivity index (χ3v) is 2.86. The Morgan fingerprint density at radius 1 is 1.50 bits per heavy atom. The summed E-state index contributed by atoms with van der Waals surface area (Å²) in [4.78, 5) is 4.68. The predicted octanol–water partition coefficient (Wildman–Crippen LogP) is 2.56. The minimum absolute atomic E-state index is 0.384. The van der Waals surface area contributed by atoms with Crippen molar-refractivity contribution in [2.75, 3.05) is 5.32 Å². The zero-order valence-electron chi connectivity index (χ0n) is 10.0. The van der Waals surface area contributed by atoms with E-state index in [9.17, 15) is 0 Å². The van der Waals surface area contributed by atoms with Gasteiger partial charge in [0.1, 0.15) is 10.8 Å². The van der Waals surface area contributed by atoms with E-state index in [-0.39, 0.29) is 0 Å². The van der Waals surface area contributed by atoms with Gasteiger partial charge in [0.15, 0.2) is 0 Å². The fourth-order valence-electron chi connectivity index (χ4n) is 1.56. The van der Waals surface area contributed by atoms with Crippen LogP contribution in [0.5, 0.6) is 0 Å². The Labute approximate surface area is 102 Å². The lowest BCUT2D eigenvalue weighted by Gasteiger charge is -2.21. The van der Waals surface area contributed by atoms with E-state index in [1.807, 2.05) is 12.1 Å². The van der Waals surface area contributed by atoms with Crippen molar-refractivity contribution in [1.82, 2.24) is 4.98 Å². The summed E-state index contributed by atoms with van der Waals surface area (Å²) in [6, 6.07) is 4.26. The molecule has 0 aliphatic heterocycles. The first kappa shape index (κ1) is 12.9. The topological polar surface area (TPSA) is 50.9 Å². The van der Waals surface area contributed by atoms with Crippen molar-refractivity contribution in [3.05, 3.63) is 23.9 Å². The second-order valence-electron chi connectivity index (χ2n) is 4.20. The fourth-order valence-corrected chi connectivity index (χ4v) is 1.68. The van der Waals surface area contributed by atoms with E-state index in [1.165, 1.54) is 0 Å². The molecule has 16 heavy (non-hydrogen) atoms. The lowest BCUT2D eigenvalue weighted by molar-refractivity contribution is 0.510. The van der Waals surface area contributed by atoms with E-state index in [0.29, 0.717) is 16.9 Å². The summed E-state index contributed by atoms with van der Waals surface area (Å²) in [5, 5.41) is 3.40. The van der Waals surface area contributed by atoms with Crippen molar-refractivity contribution in [2.45, 2.75) is 33.2 Å². The maximum atomic E-state index is 5.51. The van der Waals surface area contributed by atoms with Crippen LogP contribution in [-0.4, -0.2) is 16.0 Å². The molecular weight excluding hydrogens is 218 g/mol. The van der Waals surface area contributed by atoms with Gasteiger partial charge >= 0.3 is 0 Å². The summed E-state index contributed by atoms with van der Waals surface area (Å²) in [7, 11) is 0. The van der Waals surface area contributed by atoms with Gasteiger partial charge < -0.3 is 11.1 Å². The molecule has 0 fully saturated rings. The number of aromatic nitrogens is 1. The van der Waals surface area contributed by atoms with Crippen molar-refractivity contribution in [3.63, 3.8) is 0 Å². The van der Waals surface area contributed by atoms with Gasteiger partial charge in [0.2, 0.25) is 0 Å². The number of nitrogens with one attached hydrogen (secondary N) is 1. The first-order valence-electron chi connectivity index (χ1n) is 5.57. The largest absolute Gasteiger partial charge is 0.389 e. The molecule has 0 radical (unpaired) electrons. The molecule has 3 nitrogen and oxygen atoms in total. The van der Waals surface area contributed by atoms with E-state index >= 15 is 0 Å². The van der Waals surface area contributed by atoms with Crippen molar-refractivity contribution in [2.24, 2.45) is 11.7 Å². The summed E-state index contributed by atoms with van der Waals surface area (Å²) in [6.45, 7) is 6.57. The second kappa shape index (κ2) is 5.80. The van der Waals surface area contributed by atoms with Gasteiger partial charge in [-0.1, -0.05) is 33.0 Å². The van der Waals surface area contributed by atoms with Crippen LogP contribution in [0.2, 0.25) is 0 Å². The van der Waals surface area contributed by atoms with Crippen molar-refractivity contribution in [3.8, 4) is 0 Å². The van der Waals surface area contributed by atoms with Crippen LogP contribution in [0.4, 0.5) is 5.82 Å². The predicted molar refractivity (Wildman–Crippen MR) is 72.7 cm³/mol. The van der Waals surface area contributed by atoms with Crippen LogP contribution in [0.15, 0.2) is 18.3 Å². The Bertz CT molecular complexity index is 346. The Morgan fingerprint density at radius 3 is 2.56 bits per heavy atom. The number of hydrogen-bond donors (Lipinski definition) is 2. The standard InChI is InChI=1S/C12H19N3S/c1-4-10(8(2)3)15-11-6-5-9(7-14-11)12(13)16/h5-8,10H,4H2,1-3H3,(H2,13,16)(H,14,15). The van der Waals surface area contributed by atoms with Crippen LogP contribution in [0.1, 0.15) is 32.8 Å². The van der Waals surface area contributed by atoms with Gasteiger partial charge in [0.25, 0.3) is 0 Å². The molecule has 0 aliphatic carbocycles. The number of hydrogen-bond acceptors (Lipinski definition) is 3. The van der Waals surface area contributed by atoms with Gasteiger partial charge in [-0.2, -0.15) is 0 Å².